The van der Waals surface area contributed by atoms with Crippen LogP contribution in [0, 0.1) is 11.3 Å². The molecule has 1 aromatic carbocycles. The van der Waals surface area contributed by atoms with Gasteiger partial charge in [-0.15, -0.1) is 0 Å². The van der Waals surface area contributed by atoms with E-state index in [4.69, 9.17) is 31.1 Å². The zero-order chi connectivity index (χ0) is 19.2. The molecule has 1 aromatic rings. The largest absolute Gasteiger partial charge is 0.484 e. The Balaban J connectivity index is 2.07. The quantitative estimate of drug-likeness (QED) is 0.731. The molecule has 0 saturated carbocycles. The van der Waals surface area contributed by atoms with Crippen molar-refractivity contribution in [2.24, 2.45) is 0 Å². The maximum absolute atomic E-state index is 12.1. The smallest absolute Gasteiger partial charge is 0.339 e. The molecule has 0 unspecified atom stereocenters. The number of rotatable bonds is 7. The van der Waals surface area contributed by atoms with E-state index in [0.29, 0.717) is 16.3 Å². The number of carbonyl (C=O) groups excluding carboxylic acids is 1. The second-order valence-corrected chi connectivity index (χ2v) is 6.67. The van der Waals surface area contributed by atoms with Crippen LogP contribution in [0.4, 0.5) is 0 Å². The fraction of sp³-hybridized carbons (Fsp3) is 0.368. The number of esters is 1. The first-order valence-corrected chi connectivity index (χ1v) is 8.56. The van der Waals surface area contributed by atoms with E-state index in [1.165, 1.54) is 6.20 Å². The van der Waals surface area contributed by atoms with Gasteiger partial charge in [-0.1, -0.05) is 11.6 Å². The average Bonchev–Trinajstić information content (AvgIpc) is 2.62. The Hall–Kier alpha value is -2.65. The molecule has 0 fully saturated rings. The van der Waals surface area contributed by atoms with Crippen LogP contribution in [0.5, 0.6) is 5.75 Å². The molecule has 26 heavy (non-hydrogen) atoms. The molecule has 138 valence electrons. The van der Waals surface area contributed by atoms with Crippen molar-refractivity contribution in [3.8, 4) is 11.8 Å². The van der Waals surface area contributed by atoms with Gasteiger partial charge in [-0.25, -0.2) is 4.79 Å². The molecule has 0 amide bonds. The molecule has 0 aliphatic carbocycles. The zero-order valence-corrected chi connectivity index (χ0v) is 15.7. The fourth-order valence-corrected chi connectivity index (χ4v) is 2.37. The van der Waals surface area contributed by atoms with Crippen molar-refractivity contribution < 1.29 is 19.0 Å². The van der Waals surface area contributed by atoms with Crippen molar-refractivity contribution in [2.75, 3.05) is 13.2 Å². The Bertz CT molecular complexity index is 761. The van der Waals surface area contributed by atoms with E-state index in [0.717, 1.165) is 0 Å². The van der Waals surface area contributed by atoms with E-state index in [-0.39, 0.29) is 31.1 Å². The van der Waals surface area contributed by atoms with E-state index in [2.05, 4.69) is 5.32 Å². The van der Waals surface area contributed by atoms with Crippen LogP contribution in [-0.2, 0) is 14.3 Å². The lowest BCUT2D eigenvalue weighted by Gasteiger charge is -2.28. The van der Waals surface area contributed by atoms with Crippen LogP contribution in [-0.4, -0.2) is 24.8 Å². The van der Waals surface area contributed by atoms with E-state index >= 15 is 0 Å². The molecule has 0 radical (unpaired) electrons. The topological polar surface area (TPSA) is 80.6 Å². The fourth-order valence-electron chi connectivity index (χ4n) is 2.24. The van der Waals surface area contributed by atoms with Crippen molar-refractivity contribution in [3.63, 3.8) is 0 Å². The minimum atomic E-state index is -0.665. The lowest BCUT2D eigenvalue weighted by Crippen LogP contribution is -2.36. The molecule has 0 saturated heterocycles. The Morgan fingerprint density at radius 1 is 1.35 bits per heavy atom. The Morgan fingerprint density at radius 2 is 2.04 bits per heavy atom. The second kappa shape index (κ2) is 8.63. The van der Waals surface area contributed by atoms with Crippen molar-refractivity contribution in [2.45, 2.75) is 32.8 Å². The summed E-state index contributed by atoms with van der Waals surface area (Å²) in [5.41, 5.74) is 0.0480. The van der Waals surface area contributed by atoms with Crippen LogP contribution in [0.25, 0.3) is 0 Å². The summed E-state index contributed by atoms with van der Waals surface area (Å²) in [6, 6.07) is 9.05. The predicted molar refractivity (Wildman–Crippen MR) is 97.2 cm³/mol. The monoisotopic (exact) mass is 376 g/mol. The number of carbonyl (C=O) groups is 1. The van der Waals surface area contributed by atoms with Crippen molar-refractivity contribution in [1.29, 1.82) is 5.26 Å². The molecule has 0 aromatic heterocycles. The zero-order valence-electron chi connectivity index (χ0n) is 15.0. The van der Waals surface area contributed by atoms with Crippen LogP contribution >= 0.6 is 11.6 Å². The number of allylic oxidation sites excluding steroid dienone is 1. The minimum absolute atomic E-state index is 0.163. The first kappa shape index (κ1) is 19.7. The highest BCUT2D eigenvalue weighted by Crippen LogP contribution is 2.24. The van der Waals surface area contributed by atoms with Crippen LogP contribution in [0.3, 0.4) is 0 Å². The lowest BCUT2D eigenvalue weighted by atomic mass is 10.1. The van der Waals surface area contributed by atoms with Gasteiger partial charge >= 0.3 is 5.97 Å². The molecule has 1 aliphatic heterocycles. The highest BCUT2D eigenvalue weighted by molar-refractivity contribution is 6.30. The summed E-state index contributed by atoms with van der Waals surface area (Å²) in [4.78, 5) is 12.1. The number of ether oxygens (including phenoxy) is 3. The molecule has 1 heterocycles. The number of nitrogens with zero attached hydrogens (tertiary/aromatic N) is 1. The van der Waals surface area contributed by atoms with Crippen LogP contribution in [0.15, 0.2) is 47.5 Å². The van der Waals surface area contributed by atoms with E-state index in [1.54, 1.807) is 31.2 Å². The van der Waals surface area contributed by atoms with Crippen LogP contribution in [0.1, 0.15) is 27.2 Å². The number of hydrogen-bond acceptors (Lipinski definition) is 6. The lowest BCUT2D eigenvalue weighted by molar-refractivity contribution is -0.139. The molecular formula is C19H21ClN2O4. The number of nitriles is 1. The summed E-state index contributed by atoms with van der Waals surface area (Å²) in [5.74, 6) is 0.424. The van der Waals surface area contributed by atoms with Gasteiger partial charge < -0.3 is 19.5 Å². The summed E-state index contributed by atoms with van der Waals surface area (Å²) >= 11 is 5.87. The minimum Gasteiger partial charge on any atom is -0.484 e. The van der Waals surface area contributed by atoms with Crippen LogP contribution in [0.2, 0.25) is 5.02 Å². The normalized spacial score (nSPS) is 14.0. The Morgan fingerprint density at radius 3 is 2.65 bits per heavy atom. The Labute approximate surface area is 158 Å². The predicted octanol–water partition coefficient (Wildman–Crippen LogP) is 3.69. The SMILES string of the molecule is CCOC(=O)C1=C(OCC(C)(C)Oc2ccc(Cl)cc2)NC=C(C#N)C1. The molecule has 0 atom stereocenters. The third-order valence-electron chi connectivity index (χ3n) is 3.46. The third-order valence-corrected chi connectivity index (χ3v) is 3.71. The van der Waals surface area contributed by atoms with Gasteiger partial charge in [0.2, 0.25) is 5.88 Å². The van der Waals surface area contributed by atoms with Crippen molar-refractivity contribution >= 4 is 17.6 Å². The molecule has 6 nitrogen and oxygen atoms in total. The van der Waals surface area contributed by atoms with Crippen molar-refractivity contribution in [1.82, 2.24) is 5.32 Å². The highest BCUT2D eigenvalue weighted by Gasteiger charge is 2.27. The molecule has 0 bridgehead atoms. The summed E-state index contributed by atoms with van der Waals surface area (Å²) in [6.07, 6.45) is 1.68. The van der Waals surface area contributed by atoms with Gasteiger partial charge in [-0.05, 0) is 45.0 Å². The number of halogens is 1. The van der Waals surface area contributed by atoms with Gasteiger partial charge in [0.25, 0.3) is 0 Å². The second-order valence-electron chi connectivity index (χ2n) is 6.23. The maximum atomic E-state index is 12.1. The molecule has 2 rings (SSSR count). The first-order chi connectivity index (χ1) is 12.3. The molecule has 1 N–H and O–H groups in total. The maximum Gasteiger partial charge on any atom is 0.339 e. The molecular weight excluding hydrogens is 356 g/mol. The number of dihydropyridines is 1. The van der Waals surface area contributed by atoms with E-state index in [1.807, 2.05) is 19.9 Å². The molecule has 1 aliphatic rings. The standard InChI is InChI=1S/C19H21ClN2O4/c1-4-24-18(23)16-9-13(10-21)11-22-17(16)25-12-19(2,3)26-15-7-5-14(20)6-8-15/h5-8,11,22H,4,9,12H2,1-3H3. The highest BCUT2D eigenvalue weighted by atomic mass is 35.5. The molecule has 7 heteroatoms. The van der Waals surface area contributed by atoms with Gasteiger partial charge in [0.05, 0.1) is 18.2 Å². The number of benzene rings is 1. The average molecular weight is 377 g/mol. The van der Waals surface area contributed by atoms with Gasteiger partial charge in [-0.3, -0.25) is 0 Å². The number of hydrogen-bond donors (Lipinski definition) is 1. The van der Waals surface area contributed by atoms with Crippen molar-refractivity contribution in [3.05, 3.63) is 52.5 Å². The third kappa shape index (κ3) is 5.43. The summed E-state index contributed by atoms with van der Waals surface area (Å²) < 4.78 is 16.7. The molecule has 0 spiro atoms. The summed E-state index contributed by atoms with van der Waals surface area (Å²) in [6.45, 7) is 5.87. The van der Waals surface area contributed by atoms with Gasteiger partial charge in [-0.2, -0.15) is 5.26 Å². The van der Waals surface area contributed by atoms with E-state index < -0.39 is 11.6 Å². The van der Waals surface area contributed by atoms with Crippen LogP contribution < -0.4 is 10.1 Å². The number of nitrogens with one attached hydrogen (secondary N) is 1. The van der Waals surface area contributed by atoms with Gasteiger partial charge in [0.15, 0.2) is 0 Å². The van der Waals surface area contributed by atoms with Gasteiger partial charge in [0, 0.05) is 17.6 Å². The van der Waals surface area contributed by atoms with Gasteiger partial charge in [0.1, 0.15) is 23.5 Å². The summed E-state index contributed by atoms with van der Waals surface area (Å²) in [5, 5.41) is 12.5. The van der Waals surface area contributed by atoms with E-state index in [9.17, 15) is 4.79 Å². The first-order valence-electron chi connectivity index (χ1n) is 8.18. The summed E-state index contributed by atoms with van der Waals surface area (Å²) in [7, 11) is 0. The Kier molecular flexibility index (Phi) is 6.53.